The van der Waals surface area contributed by atoms with Gasteiger partial charge in [0.1, 0.15) is 5.69 Å². The Hall–Kier alpha value is -1.58. The van der Waals surface area contributed by atoms with Gasteiger partial charge in [-0.1, -0.05) is 18.9 Å². The molecule has 0 saturated carbocycles. The molecule has 0 spiro atoms. The second-order valence-corrected chi connectivity index (χ2v) is 4.63. The Morgan fingerprint density at radius 1 is 1.35 bits per heavy atom. The van der Waals surface area contributed by atoms with Crippen LogP contribution in [0.1, 0.15) is 43.1 Å². The number of rotatable bonds is 1. The number of aromatic nitrogens is 1. The predicted molar refractivity (Wildman–Crippen MR) is 66.0 cm³/mol. The smallest absolute Gasteiger partial charge is 0.270 e. The van der Waals surface area contributed by atoms with E-state index in [0.717, 1.165) is 19.4 Å². The normalized spacial score (nSPS) is 21.0. The van der Waals surface area contributed by atoms with Crippen LogP contribution in [-0.2, 0) is 0 Å². The lowest BCUT2D eigenvalue weighted by Crippen LogP contribution is -2.39. The Labute approximate surface area is 101 Å². The van der Waals surface area contributed by atoms with Gasteiger partial charge in [-0.25, -0.2) is 0 Å². The molecule has 0 bridgehead atoms. The van der Waals surface area contributed by atoms with Gasteiger partial charge in [0.25, 0.3) is 5.91 Å². The van der Waals surface area contributed by atoms with Crippen molar-refractivity contribution in [1.82, 2.24) is 9.88 Å². The summed E-state index contributed by atoms with van der Waals surface area (Å²) in [5.74, 6) is -0.0582. The van der Waals surface area contributed by atoms with Gasteiger partial charge >= 0.3 is 0 Å². The van der Waals surface area contributed by atoms with Crippen molar-refractivity contribution < 1.29 is 4.79 Å². The summed E-state index contributed by atoms with van der Waals surface area (Å²) in [5.41, 5.74) is 0.171. The van der Waals surface area contributed by atoms with Crippen molar-refractivity contribution in [3.63, 3.8) is 0 Å². The second-order valence-electron chi connectivity index (χ2n) is 4.63. The van der Waals surface area contributed by atoms with Gasteiger partial charge in [-0.15, -0.1) is 0 Å². The number of nitrogens with zero attached hydrogens (tertiary/aromatic N) is 1. The van der Waals surface area contributed by atoms with Gasteiger partial charge in [0.2, 0.25) is 5.56 Å². The molecule has 0 aromatic carbocycles. The summed E-state index contributed by atoms with van der Waals surface area (Å²) < 4.78 is 0. The number of pyridine rings is 1. The van der Waals surface area contributed by atoms with Crippen LogP contribution in [0.15, 0.2) is 23.0 Å². The molecule has 1 amide bonds. The van der Waals surface area contributed by atoms with Gasteiger partial charge in [-0.2, -0.15) is 0 Å². The third kappa shape index (κ3) is 2.75. The highest BCUT2D eigenvalue weighted by atomic mass is 16.2. The number of hydrogen-bond acceptors (Lipinski definition) is 2. The zero-order valence-electron chi connectivity index (χ0n) is 10.1. The molecule has 17 heavy (non-hydrogen) atoms. The van der Waals surface area contributed by atoms with E-state index >= 15 is 0 Å². The maximum Gasteiger partial charge on any atom is 0.270 e. The lowest BCUT2D eigenvalue weighted by molar-refractivity contribution is 0.0691. The van der Waals surface area contributed by atoms with Crippen molar-refractivity contribution in [3.05, 3.63) is 34.2 Å². The molecular formula is C13H18N2O2. The molecule has 0 aliphatic carbocycles. The highest BCUT2D eigenvalue weighted by molar-refractivity contribution is 5.92. The van der Waals surface area contributed by atoms with Crippen LogP contribution in [-0.4, -0.2) is 28.4 Å². The molecule has 0 radical (unpaired) electrons. The molecule has 1 aliphatic rings. The summed E-state index contributed by atoms with van der Waals surface area (Å²) >= 11 is 0. The number of hydrogen-bond donors (Lipinski definition) is 1. The third-order valence-electron chi connectivity index (χ3n) is 3.31. The van der Waals surface area contributed by atoms with E-state index in [4.69, 9.17) is 0 Å². The van der Waals surface area contributed by atoms with Crippen molar-refractivity contribution in [2.45, 2.75) is 38.6 Å². The van der Waals surface area contributed by atoms with Crippen molar-refractivity contribution in [2.24, 2.45) is 0 Å². The molecule has 1 aromatic rings. The molecule has 1 aliphatic heterocycles. The van der Waals surface area contributed by atoms with Crippen molar-refractivity contribution in [2.75, 3.05) is 6.54 Å². The Kier molecular flexibility index (Phi) is 3.61. The molecule has 1 unspecified atom stereocenters. The fourth-order valence-electron chi connectivity index (χ4n) is 2.30. The van der Waals surface area contributed by atoms with E-state index in [2.05, 4.69) is 11.9 Å². The standard InChI is InChI=1S/C13H18N2O2/c1-10-6-3-2-4-9-15(10)13(17)11-7-5-8-12(16)14-11/h5,7-8,10H,2-4,6,9H2,1H3,(H,14,16). The number of carbonyl (C=O) groups excluding carboxylic acids is 1. The fourth-order valence-corrected chi connectivity index (χ4v) is 2.30. The van der Waals surface area contributed by atoms with Gasteiger partial charge in [0, 0.05) is 18.7 Å². The summed E-state index contributed by atoms with van der Waals surface area (Å²) in [4.78, 5) is 27.9. The van der Waals surface area contributed by atoms with E-state index in [-0.39, 0.29) is 17.5 Å². The van der Waals surface area contributed by atoms with Crippen LogP contribution in [0.5, 0.6) is 0 Å². The van der Waals surface area contributed by atoms with Crippen LogP contribution in [0.2, 0.25) is 0 Å². The third-order valence-corrected chi connectivity index (χ3v) is 3.31. The topological polar surface area (TPSA) is 53.2 Å². The van der Waals surface area contributed by atoms with Crippen LogP contribution in [0.4, 0.5) is 0 Å². The summed E-state index contributed by atoms with van der Waals surface area (Å²) in [5, 5.41) is 0. The van der Waals surface area contributed by atoms with Crippen LogP contribution in [0.25, 0.3) is 0 Å². The number of amides is 1. The Morgan fingerprint density at radius 2 is 2.18 bits per heavy atom. The summed E-state index contributed by atoms with van der Waals surface area (Å²) in [7, 11) is 0. The number of aromatic amines is 1. The first-order valence-corrected chi connectivity index (χ1v) is 6.19. The van der Waals surface area contributed by atoms with E-state index in [1.807, 2.05) is 4.90 Å². The predicted octanol–water partition coefficient (Wildman–Crippen LogP) is 1.78. The van der Waals surface area contributed by atoms with E-state index in [9.17, 15) is 9.59 Å². The summed E-state index contributed by atoms with van der Waals surface area (Å²) in [6, 6.07) is 4.96. The lowest BCUT2D eigenvalue weighted by atomic mass is 10.1. The van der Waals surface area contributed by atoms with Crippen LogP contribution < -0.4 is 5.56 Å². The minimum atomic E-state index is -0.224. The molecule has 2 heterocycles. The van der Waals surface area contributed by atoms with E-state index in [0.29, 0.717) is 5.69 Å². The minimum absolute atomic E-state index is 0.0582. The molecular weight excluding hydrogens is 216 g/mol. The highest BCUT2D eigenvalue weighted by Gasteiger charge is 2.23. The van der Waals surface area contributed by atoms with Gasteiger partial charge in [-0.3, -0.25) is 9.59 Å². The maximum atomic E-state index is 12.3. The number of likely N-dealkylation sites (tertiary alicyclic amines) is 1. The zero-order chi connectivity index (χ0) is 12.3. The van der Waals surface area contributed by atoms with Crippen molar-refractivity contribution in [1.29, 1.82) is 0 Å². The molecule has 1 N–H and O–H groups in total. The molecule has 4 nitrogen and oxygen atoms in total. The first kappa shape index (κ1) is 11.9. The first-order chi connectivity index (χ1) is 8.18. The second kappa shape index (κ2) is 5.17. The highest BCUT2D eigenvalue weighted by Crippen LogP contribution is 2.17. The van der Waals surface area contributed by atoms with Gasteiger partial charge in [0.15, 0.2) is 0 Å². The SMILES string of the molecule is CC1CCCCCN1C(=O)c1cccc(=O)[nH]1. The molecule has 4 heteroatoms. The Morgan fingerprint density at radius 3 is 2.94 bits per heavy atom. The van der Waals surface area contributed by atoms with E-state index < -0.39 is 0 Å². The zero-order valence-corrected chi connectivity index (χ0v) is 10.1. The first-order valence-electron chi connectivity index (χ1n) is 6.19. The quantitative estimate of drug-likeness (QED) is 0.805. The van der Waals surface area contributed by atoms with Crippen LogP contribution >= 0.6 is 0 Å². The number of H-pyrrole nitrogens is 1. The minimum Gasteiger partial charge on any atom is -0.335 e. The average molecular weight is 234 g/mol. The average Bonchev–Trinajstić information content (AvgIpc) is 2.53. The fraction of sp³-hybridized carbons (Fsp3) is 0.538. The van der Waals surface area contributed by atoms with E-state index in [1.165, 1.54) is 18.9 Å². The van der Waals surface area contributed by atoms with Crippen LogP contribution in [0, 0.1) is 0 Å². The largest absolute Gasteiger partial charge is 0.335 e. The summed E-state index contributed by atoms with van der Waals surface area (Å²) in [6.45, 7) is 2.86. The molecule has 1 aromatic heterocycles. The molecule has 1 fully saturated rings. The monoisotopic (exact) mass is 234 g/mol. The Balaban J connectivity index is 2.21. The Bertz CT molecular complexity index is 453. The van der Waals surface area contributed by atoms with Crippen molar-refractivity contribution in [3.8, 4) is 0 Å². The van der Waals surface area contributed by atoms with Gasteiger partial charge < -0.3 is 9.88 Å². The van der Waals surface area contributed by atoms with Gasteiger partial charge in [0.05, 0.1) is 0 Å². The number of carbonyl (C=O) groups is 1. The maximum absolute atomic E-state index is 12.3. The molecule has 1 atom stereocenters. The van der Waals surface area contributed by atoms with Crippen LogP contribution in [0.3, 0.4) is 0 Å². The molecule has 92 valence electrons. The van der Waals surface area contributed by atoms with Gasteiger partial charge in [-0.05, 0) is 25.8 Å². The molecule has 2 rings (SSSR count). The lowest BCUT2D eigenvalue weighted by Gasteiger charge is -2.26. The summed E-state index contributed by atoms with van der Waals surface area (Å²) in [6.07, 6.45) is 4.45. The molecule has 1 saturated heterocycles. The van der Waals surface area contributed by atoms with E-state index in [1.54, 1.807) is 12.1 Å². The van der Waals surface area contributed by atoms with Crippen molar-refractivity contribution >= 4 is 5.91 Å². The number of nitrogens with one attached hydrogen (secondary N) is 1.